The fraction of sp³-hybridized carbons (Fsp3) is 0.360. The Morgan fingerprint density at radius 1 is 1.18 bits per heavy atom. The van der Waals surface area contributed by atoms with Gasteiger partial charge in [0.25, 0.3) is 5.91 Å². The topological polar surface area (TPSA) is 118 Å². The van der Waals surface area contributed by atoms with Gasteiger partial charge in [-0.15, -0.1) is 0 Å². The number of carbonyl (C=O) groups is 2. The van der Waals surface area contributed by atoms with E-state index in [0.717, 1.165) is 33.5 Å². The van der Waals surface area contributed by atoms with Crippen LogP contribution in [-0.2, 0) is 17.6 Å². The summed E-state index contributed by atoms with van der Waals surface area (Å²) in [6.45, 7) is 1.06. The number of H-pyrrole nitrogens is 1. The standard InChI is InChI=1S/C25H28N4O5/c1-34-17-5-6-20-18(13-17)19-14-22-24(32)28(9-7-26-8-10-30)25(33)29(22)21(23(19)27-20)12-15-3-2-4-16(31)11-15/h2-6,11,13,21-22,26-27,30-31H,7-10,12,14H2,1H3/t21?,22-/m0/s1. The molecule has 0 bridgehead atoms. The summed E-state index contributed by atoms with van der Waals surface area (Å²) in [5.41, 5.74) is 3.72. The molecule has 34 heavy (non-hydrogen) atoms. The third kappa shape index (κ3) is 3.76. The van der Waals surface area contributed by atoms with Crippen molar-refractivity contribution >= 4 is 22.8 Å². The summed E-state index contributed by atoms with van der Waals surface area (Å²) in [4.78, 5) is 33.3. The number of aromatic amines is 1. The number of phenolic OH excluding ortho intramolecular Hbond substituents is 1. The first kappa shape index (κ1) is 22.2. The second-order valence-electron chi connectivity index (χ2n) is 8.69. The van der Waals surface area contributed by atoms with Crippen LogP contribution in [0.15, 0.2) is 42.5 Å². The number of benzene rings is 2. The van der Waals surface area contributed by atoms with Crippen molar-refractivity contribution in [2.75, 3.05) is 33.4 Å². The number of rotatable bonds is 8. The predicted octanol–water partition coefficient (Wildman–Crippen LogP) is 1.94. The molecule has 9 heteroatoms. The van der Waals surface area contributed by atoms with Gasteiger partial charge in [-0.3, -0.25) is 9.69 Å². The fourth-order valence-electron chi connectivity index (χ4n) is 5.12. The molecule has 0 radical (unpaired) electrons. The number of carbonyl (C=O) groups excluding carboxylic acids is 2. The molecular formula is C25H28N4O5. The molecule has 2 aromatic carbocycles. The van der Waals surface area contributed by atoms with Crippen molar-refractivity contribution in [1.29, 1.82) is 0 Å². The Morgan fingerprint density at radius 3 is 2.79 bits per heavy atom. The van der Waals surface area contributed by atoms with E-state index in [1.165, 1.54) is 4.90 Å². The summed E-state index contributed by atoms with van der Waals surface area (Å²) in [7, 11) is 1.62. The number of aromatic hydroxyl groups is 1. The third-order valence-corrected chi connectivity index (χ3v) is 6.69. The number of fused-ring (bicyclic) bond motifs is 4. The van der Waals surface area contributed by atoms with Crippen LogP contribution in [0.25, 0.3) is 10.9 Å². The van der Waals surface area contributed by atoms with E-state index < -0.39 is 6.04 Å². The molecule has 0 aliphatic carbocycles. The Kier molecular flexibility index (Phi) is 5.89. The van der Waals surface area contributed by atoms with Gasteiger partial charge in [-0.25, -0.2) is 4.79 Å². The molecule has 2 atom stereocenters. The molecule has 178 valence electrons. The molecule has 3 aromatic rings. The van der Waals surface area contributed by atoms with Gasteiger partial charge >= 0.3 is 6.03 Å². The van der Waals surface area contributed by atoms with Crippen LogP contribution in [0.1, 0.15) is 22.9 Å². The first-order valence-electron chi connectivity index (χ1n) is 11.4. The van der Waals surface area contributed by atoms with Crippen molar-refractivity contribution in [3.63, 3.8) is 0 Å². The largest absolute Gasteiger partial charge is 0.508 e. The molecule has 3 amide bonds. The van der Waals surface area contributed by atoms with Crippen LogP contribution in [0, 0.1) is 0 Å². The normalized spacial score (nSPS) is 19.6. The quantitative estimate of drug-likeness (QED) is 0.299. The zero-order chi connectivity index (χ0) is 23.8. The van der Waals surface area contributed by atoms with Crippen LogP contribution < -0.4 is 10.1 Å². The second-order valence-corrected chi connectivity index (χ2v) is 8.69. The predicted molar refractivity (Wildman–Crippen MR) is 126 cm³/mol. The Balaban J connectivity index is 1.55. The molecule has 1 unspecified atom stereocenters. The number of nitrogens with zero attached hydrogens (tertiary/aromatic N) is 2. The van der Waals surface area contributed by atoms with E-state index in [2.05, 4.69) is 10.3 Å². The van der Waals surface area contributed by atoms with Crippen molar-refractivity contribution in [1.82, 2.24) is 20.1 Å². The van der Waals surface area contributed by atoms with Crippen molar-refractivity contribution in [2.24, 2.45) is 0 Å². The average molecular weight is 465 g/mol. The van der Waals surface area contributed by atoms with E-state index in [4.69, 9.17) is 9.84 Å². The minimum atomic E-state index is -0.592. The Bertz CT molecular complexity index is 1240. The van der Waals surface area contributed by atoms with Crippen molar-refractivity contribution in [3.05, 3.63) is 59.3 Å². The van der Waals surface area contributed by atoms with Gasteiger partial charge in [-0.1, -0.05) is 12.1 Å². The zero-order valence-corrected chi connectivity index (χ0v) is 19.0. The number of phenols is 1. The number of methoxy groups -OCH3 is 1. The lowest BCUT2D eigenvalue weighted by molar-refractivity contribution is -0.128. The molecule has 5 rings (SSSR count). The molecule has 1 aromatic heterocycles. The summed E-state index contributed by atoms with van der Waals surface area (Å²) in [6, 6.07) is 11.5. The van der Waals surface area contributed by atoms with Crippen molar-refractivity contribution < 1.29 is 24.5 Å². The second kappa shape index (κ2) is 9.00. The van der Waals surface area contributed by atoms with Crippen LogP contribution in [-0.4, -0.2) is 76.3 Å². The number of amides is 3. The van der Waals surface area contributed by atoms with Gasteiger partial charge in [0.15, 0.2) is 0 Å². The summed E-state index contributed by atoms with van der Waals surface area (Å²) < 4.78 is 5.42. The maximum absolute atomic E-state index is 13.5. The highest BCUT2D eigenvalue weighted by Gasteiger charge is 2.51. The van der Waals surface area contributed by atoms with Gasteiger partial charge in [0.2, 0.25) is 0 Å². The summed E-state index contributed by atoms with van der Waals surface area (Å²) in [5.74, 6) is 0.679. The minimum absolute atomic E-state index is 0.00613. The Morgan fingerprint density at radius 2 is 2.03 bits per heavy atom. The maximum Gasteiger partial charge on any atom is 0.328 e. The molecule has 0 spiro atoms. The van der Waals surface area contributed by atoms with Crippen LogP contribution in [0.2, 0.25) is 0 Å². The maximum atomic E-state index is 13.5. The highest BCUT2D eigenvalue weighted by molar-refractivity contribution is 6.05. The summed E-state index contributed by atoms with van der Waals surface area (Å²) in [5, 5.41) is 23.0. The number of hydrogen-bond donors (Lipinski definition) is 4. The highest BCUT2D eigenvalue weighted by Crippen LogP contribution is 2.43. The molecule has 4 N–H and O–H groups in total. The Hall–Kier alpha value is -3.56. The van der Waals surface area contributed by atoms with Crippen LogP contribution >= 0.6 is 0 Å². The highest BCUT2D eigenvalue weighted by atomic mass is 16.5. The molecule has 2 aliphatic heterocycles. The number of hydrogen-bond acceptors (Lipinski definition) is 6. The first-order valence-corrected chi connectivity index (χ1v) is 11.4. The van der Waals surface area contributed by atoms with E-state index in [1.54, 1.807) is 30.2 Å². The number of urea groups is 1. The van der Waals surface area contributed by atoms with E-state index in [-0.39, 0.29) is 36.9 Å². The minimum Gasteiger partial charge on any atom is -0.508 e. The van der Waals surface area contributed by atoms with Crippen LogP contribution in [0.4, 0.5) is 4.79 Å². The summed E-state index contributed by atoms with van der Waals surface area (Å²) >= 11 is 0. The van der Waals surface area contributed by atoms with Gasteiger partial charge in [-0.2, -0.15) is 0 Å². The van der Waals surface area contributed by atoms with Crippen LogP contribution in [0.3, 0.4) is 0 Å². The lowest BCUT2D eigenvalue weighted by atomic mass is 9.89. The summed E-state index contributed by atoms with van der Waals surface area (Å²) in [6.07, 6.45) is 0.877. The van der Waals surface area contributed by atoms with Gasteiger partial charge < -0.3 is 30.2 Å². The van der Waals surface area contributed by atoms with Crippen molar-refractivity contribution in [3.8, 4) is 11.5 Å². The van der Waals surface area contributed by atoms with Gasteiger partial charge in [0, 0.05) is 42.7 Å². The SMILES string of the molecule is COc1ccc2[nH]c3c(c2c1)C[C@H]1C(=O)N(CCNCCO)C(=O)N1C3Cc1cccc(O)c1. The van der Waals surface area contributed by atoms with E-state index in [0.29, 0.717) is 25.9 Å². The van der Waals surface area contributed by atoms with Gasteiger partial charge in [-0.05, 0) is 47.9 Å². The van der Waals surface area contributed by atoms with Crippen molar-refractivity contribution in [2.45, 2.75) is 24.9 Å². The van der Waals surface area contributed by atoms with Gasteiger partial charge in [0.05, 0.1) is 19.8 Å². The first-order chi connectivity index (χ1) is 16.5. The number of imide groups is 1. The van der Waals surface area contributed by atoms with E-state index >= 15 is 0 Å². The Labute approximate surface area is 196 Å². The third-order valence-electron chi connectivity index (χ3n) is 6.69. The number of aliphatic hydroxyl groups excluding tert-OH is 1. The lowest BCUT2D eigenvalue weighted by Crippen LogP contribution is -2.44. The molecule has 0 saturated carbocycles. The molecule has 1 saturated heterocycles. The monoisotopic (exact) mass is 464 g/mol. The fourth-order valence-corrected chi connectivity index (χ4v) is 5.12. The number of ether oxygens (including phenoxy) is 1. The molecule has 9 nitrogen and oxygen atoms in total. The average Bonchev–Trinajstić information content (AvgIpc) is 3.31. The molecule has 1 fully saturated rings. The lowest BCUT2D eigenvalue weighted by Gasteiger charge is -2.36. The van der Waals surface area contributed by atoms with Gasteiger partial charge in [0.1, 0.15) is 17.5 Å². The molecule has 3 heterocycles. The van der Waals surface area contributed by atoms with Crippen LogP contribution in [0.5, 0.6) is 11.5 Å². The zero-order valence-electron chi connectivity index (χ0n) is 19.0. The van der Waals surface area contributed by atoms with E-state index in [1.807, 2.05) is 24.3 Å². The van der Waals surface area contributed by atoms with E-state index in [9.17, 15) is 14.7 Å². The number of aliphatic hydroxyl groups is 1. The number of nitrogens with one attached hydrogen (secondary N) is 2. The molecular weight excluding hydrogens is 436 g/mol. The smallest absolute Gasteiger partial charge is 0.328 e. The number of aromatic nitrogens is 1. The molecule has 2 aliphatic rings.